The molecule has 0 radical (unpaired) electrons. The minimum Gasteiger partial charge on any atom is -0.497 e. The van der Waals surface area contributed by atoms with Crippen LogP contribution in [-0.4, -0.2) is 22.9 Å². The van der Waals surface area contributed by atoms with Gasteiger partial charge < -0.3 is 13.9 Å². The van der Waals surface area contributed by atoms with Crippen molar-refractivity contribution < 1.29 is 18.7 Å². The Kier molecular flexibility index (Phi) is 5.35. The fourth-order valence-corrected chi connectivity index (χ4v) is 2.60. The van der Waals surface area contributed by atoms with E-state index in [-0.39, 0.29) is 17.9 Å². The largest absolute Gasteiger partial charge is 0.497 e. The number of ether oxygens (including phenoxy) is 2. The van der Waals surface area contributed by atoms with Crippen molar-refractivity contribution in [2.24, 2.45) is 0 Å². The van der Waals surface area contributed by atoms with Crippen LogP contribution in [0.2, 0.25) is 0 Å². The van der Waals surface area contributed by atoms with Crippen LogP contribution in [-0.2, 0) is 17.9 Å². The van der Waals surface area contributed by atoms with E-state index in [0.717, 1.165) is 0 Å². The molecule has 3 rings (SSSR count). The second-order valence-electron chi connectivity index (χ2n) is 5.81. The fourth-order valence-electron chi connectivity index (χ4n) is 2.60. The van der Waals surface area contributed by atoms with Crippen LogP contribution in [0.25, 0.3) is 11.0 Å². The van der Waals surface area contributed by atoms with Gasteiger partial charge in [-0.05, 0) is 24.6 Å². The number of benzene rings is 1. The van der Waals surface area contributed by atoms with Crippen molar-refractivity contribution in [3.8, 4) is 5.75 Å². The van der Waals surface area contributed by atoms with Gasteiger partial charge in [0, 0.05) is 35.7 Å². The normalized spacial score (nSPS) is 10.7. The lowest BCUT2D eigenvalue weighted by molar-refractivity contribution is 0.0463. The molecule has 0 N–H and O–H groups in total. The van der Waals surface area contributed by atoms with Gasteiger partial charge in [-0.1, -0.05) is 6.92 Å². The van der Waals surface area contributed by atoms with Gasteiger partial charge in [0.1, 0.15) is 17.9 Å². The highest BCUT2D eigenvalue weighted by Gasteiger charge is 2.14. The van der Waals surface area contributed by atoms with E-state index in [0.29, 0.717) is 35.2 Å². The summed E-state index contributed by atoms with van der Waals surface area (Å²) in [7, 11) is 1.51. The molecule has 2 heterocycles. The molecule has 0 fully saturated rings. The Hall–Kier alpha value is -3.42. The number of hydrogen-bond donors (Lipinski definition) is 0. The summed E-state index contributed by atoms with van der Waals surface area (Å²) >= 11 is 0. The summed E-state index contributed by atoms with van der Waals surface area (Å²) in [5, 5.41) is 4.64. The van der Waals surface area contributed by atoms with Crippen molar-refractivity contribution in [1.29, 1.82) is 0 Å². The molecule has 1 aromatic carbocycles. The van der Waals surface area contributed by atoms with Gasteiger partial charge >= 0.3 is 11.6 Å². The maximum absolute atomic E-state index is 12.3. The fraction of sp³-hybridized carbons (Fsp3) is 0.263. The van der Waals surface area contributed by atoms with Crippen molar-refractivity contribution in [2.75, 3.05) is 7.11 Å². The van der Waals surface area contributed by atoms with Gasteiger partial charge in [0.15, 0.2) is 5.69 Å². The van der Waals surface area contributed by atoms with E-state index >= 15 is 0 Å². The summed E-state index contributed by atoms with van der Waals surface area (Å²) in [6, 6.07) is 8.89. The lowest BCUT2D eigenvalue weighted by Gasteiger charge is -2.09. The molecule has 0 aliphatic carbocycles. The minimum absolute atomic E-state index is 0.0250. The average molecular weight is 370 g/mol. The number of hydrogen-bond acceptors (Lipinski definition) is 7. The smallest absolute Gasteiger partial charge is 0.359 e. The summed E-state index contributed by atoms with van der Waals surface area (Å²) in [6.07, 6.45) is 0.709. The zero-order valence-corrected chi connectivity index (χ0v) is 14.9. The first-order valence-corrected chi connectivity index (χ1v) is 8.38. The third-order valence-corrected chi connectivity index (χ3v) is 3.91. The first kappa shape index (κ1) is 18.4. The monoisotopic (exact) mass is 370 g/mol. The van der Waals surface area contributed by atoms with Crippen LogP contribution in [0.3, 0.4) is 0 Å². The van der Waals surface area contributed by atoms with Gasteiger partial charge in [0.2, 0.25) is 0 Å². The highest BCUT2D eigenvalue weighted by molar-refractivity contribution is 5.87. The van der Waals surface area contributed by atoms with E-state index in [9.17, 15) is 14.4 Å². The summed E-state index contributed by atoms with van der Waals surface area (Å²) < 4.78 is 16.8. The molecule has 0 saturated carbocycles. The molecular formula is C19H18N2O6. The average Bonchev–Trinajstić information content (AvgIpc) is 2.67. The van der Waals surface area contributed by atoms with E-state index in [4.69, 9.17) is 13.9 Å². The molecule has 140 valence electrons. The lowest BCUT2D eigenvalue weighted by Crippen LogP contribution is -2.24. The third kappa shape index (κ3) is 4.05. The van der Waals surface area contributed by atoms with Crippen LogP contribution in [0, 0.1) is 0 Å². The number of carbonyl (C=O) groups excluding carboxylic acids is 1. The topological polar surface area (TPSA) is 101 Å². The molecule has 3 aromatic rings. The molecule has 0 spiro atoms. The summed E-state index contributed by atoms with van der Waals surface area (Å²) in [4.78, 5) is 35.8. The van der Waals surface area contributed by atoms with E-state index in [1.54, 1.807) is 18.2 Å². The third-order valence-electron chi connectivity index (χ3n) is 3.91. The first-order chi connectivity index (χ1) is 13.0. The molecule has 0 aliphatic rings. The number of esters is 1. The van der Waals surface area contributed by atoms with Crippen LogP contribution < -0.4 is 15.9 Å². The second kappa shape index (κ2) is 7.86. The quantitative estimate of drug-likeness (QED) is 0.484. The Balaban J connectivity index is 1.84. The number of aryl methyl sites for hydroxylation is 1. The Morgan fingerprint density at radius 1 is 1.19 bits per heavy atom. The van der Waals surface area contributed by atoms with E-state index < -0.39 is 11.6 Å². The van der Waals surface area contributed by atoms with Gasteiger partial charge in [-0.15, -0.1) is 0 Å². The van der Waals surface area contributed by atoms with Crippen LogP contribution in [0.1, 0.15) is 29.4 Å². The number of fused-ring (bicyclic) bond motifs is 1. The molecule has 2 aromatic heterocycles. The van der Waals surface area contributed by atoms with Gasteiger partial charge in [0.05, 0.1) is 7.11 Å². The Morgan fingerprint density at radius 2 is 2.00 bits per heavy atom. The maximum Gasteiger partial charge on any atom is 0.359 e. The van der Waals surface area contributed by atoms with Gasteiger partial charge in [-0.25, -0.2) is 14.3 Å². The lowest BCUT2D eigenvalue weighted by atomic mass is 10.1. The molecule has 8 heteroatoms. The zero-order valence-electron chi connectivity index (χ0n) is 14.9. The number of aromatic nitrogens is 2. The Bertz CT molecular complexity index is 1100. The van der Waals surface area contributed by atoms with Crippen LogP contribution in [0.15, 0.2) is 50.4 Å². The summed E-state index contributed by atoms with van der Waals surface area (Å²) in [5.41, 5.74) is 0.0177. The second-order valence-corrected chi connectivity index (χ2v) is 5.81. The van der Waals surface area contributed by atoms with Crippen molar-refractivity contribution in [1.82, 2.24) is 9.78 Å². The number of rotatable bonds is 6. The van der Waals surface area contributed by atoms with Crippen LogP contribution >= 0.6 is 0 Å². The molecule has 0 bridgehead atoms. The molecule has 0 unspecified atom stereocenters. The molecule has 27 heavy (non-hydrogen) atoms. The zero-order chi connectivity index (χ0) is 19.4. The van der Waals surface area contributed by atoms with Crippen molar-refractivity contribution in [3.63, 3.8) is 0 Å². The molecule has 0 atom stereocenters. The molecule has 8 nitrogen and oxygen atoms in total. The van der Waals surface area contributed by atoms with E-state index in [1.807, 2.05) is 6.92 Å². The number of methoxy groups -OCH3 is 1. The highest BCUT2D eigenvalue weighted by atomic mass is 16.5. The predicted octanol–water partition coefficient (Wildman–Crippen LogP) is 2.13. The molecule has 0 amide bonds. The Labute approximate surface area is 153 Å². The van der Waals surface area contributed by atoms with Gasteiger partial charge in [-0.2, -0.15) is 5.10 Å². The number of nitrogens with zero attached hydrogens (tertiary/aromatic N) is 2. The van der Waals surface area contributed by atoms with Gasteiger partial charge in [-0.3, -0.25) is 4.79 Å². The molecule has 0 saturated heterocycles. The van der Waals surface area contributed by atoms with E-state index in [1.165, 1.54) is 30.0 Å². The number of carbonyl (C=O) groups is 1. The van der Waals surface area contributed by atoms with Crippen LogP contribution in [0.5, 0.6) is 5.75 Å². The maximum atomic E-state index is 12.3. The Morgan fingerprint density at radius 3 is 2.74 bits per heavy atom. The molecular weight excluding hydrogens is 352 g/mol. The van der Waals surface area contributed by atoms with Gasteiger partial charge in [0.25, 0.3) is 5.56 Å². The van der Waals surface area contributed by atoms with Crippen molar-refractivity contribution in [3.05, 3.63) is 68.4 Å². The standard InChI is InChI=1S/C19H18N2O6/c1-3-8-21-17(22)7-6-15(20-21)19(24)26-11-12-9-18(23)27-16-10-13(25-2)4-5-14(12)16/h4-7,9-10H,3,8,11H2,1-2H3. The van der Waals surface area contributed by atoms with Crippen molar-refractivity contribution >= 4 is 16.9 Å². The SMILES string of the molecule is CCCn1nc(C(=O)OCc2cc(=O)oc3cc(OC)ccc23)ccc1=O. The first-order valence-electron chi connectivity index (χ1n) is 8.38. The van der Waals surface area contributed by atoms with Crippen LogP contribution in [0.4, 0.5) is 0 Å². The molecule has 0 aliphatic heterocycles. The summed E-state index contributed by atoms with van der Waals surface area (Å²) in [6.45, 7) is 2.17. The van der Waals surface area contributed by atoms with Crippen molar-refractivity contribution in [2.45, 2.75) is 26.5 Å². The predicted molar refractivity (Wildman–Crippen MR) is 96.9 cm³/mol. The summed E-state index contributed by atoms with van der Waals surface area (Å²) in [5.74, 6) is -0.142. The highest BCUT2D eigenvalue weighted by Crippen LogP contribution is 2.23. The minimum atomic E-state index is -0.685. The van der Waals surface area contributed by atoms with E-state index in [2.05, 4.69) is 5.10 Å².